The highest BCUT2D eigenvalue weighted by atomic mass is 16.5. The van der Waals surface area contributed by atoms with Gasteiger partial charge in [0.1, 0.15) is 0 Å². The van der Waals surface area contributed by atoms with Crippen molar-refractivity contribution >= 4 is 12.2 Å². The van der Waals surface area contributed by atoms with Crippen LogP contribution in [0.5, 0.6) is 11.5 Å². The van der Waals surface area contributed by atoms with E-state index < -0.39 is 0 Å². The highest BCUT2D eigenvalue weighted by Gasteiger charge is 1.99. The topological polar surface area (TPSA) is 47.3 Å². The van der Waals surface area contributed by atoms with Gasteiger partial charge in [0.2, 0.25) is 0 Å². The van der Waals surface area contributed by atoms with Crippen LogP contribution >= 0.6 is 0 Å². The van der Waals surface area contributed by atoms with Gasteiger partial charge in [-0.3, -0.25) is 4.68 Å². The van der Waals surface area contributed by atoms with E-state index in [9.17, 15) is 5.11 Å². The smallest absolute Gasteiger partial charge is 0.160 e. The lowest BCUT2D eigenvalue weighted by atomic mass is 10.1. The van der Waals surface area contributed by atoms with E-state index in [1.54, 1.807) is 23.9 Å². The molecule has 1 N–H and O–H groups in total. The zero-order valence-corrected chi connectivity index (χ0v) is 13.1. The molecule has 0 atom stereocenters. The number of phenols is 1. The van der Waals surface area contributed by atoms with Crippen LogP contribution in [0.15, 0.2) is 42.7 Å². The molecule has 2 aromatic rings. The van der Waals surface area contributed by atoms with E-state index in [0.29, 0.717) is 5.75 Å². The Bertz CT molecular complexity index is 657. The first-order valence-corrected chi connectivity index (χ1v) is 7.38. The van der Waals surface area contributed by atoms with Crippen LogP contribution in [-0.4, -0.2) is 22.0 Å². The van der Waals surface area contributed by atoms with Gasteiger partial charge in [0.15, 0.2) is 11.5 Å². The summed E-state index contributed by atoms with van der Waals surface area (Å²) in [7, 11) is 3.46. The Labute approximate surface area is 131 Å². The highest BCUT2D eigenvalue weighted by molar-refractivity contribution is 5.55. The maximum absolute atomic E-state index is 9.70. The Morgan fingerprint density at radius 3 is 2.50 bits per heavy atom. The fraction of sp³-hybridized carbons (Fsp3) is 0.278. The van der Waals surface area contributed by atoms with Crippen LogP contribution in [0, 0.1) is 0 Å². The van der Waals surface area contributed by atoms with Crippen LogP contribution in [0.1, 0.15) is 30.4 Å². The van der Waals surface area contributed by atoms with Gasteiger partial charge in [-0.15, -0.1) is 0 Å². The molecule has 1 aromatic heterocycles. The minimum absolute atomic E-state index is 0.170. The van der Waals surface area contributed by atoms with Crippen molar-refractivity contribution in [2.45, 2.75) is 19.3 Å². The normalized spacial score (nSPS) is 11.5. The summed E-state index contributed by atoms with van der Waals surface area (Å²) in [4.78, 5) is 0. The van der Waals surface area contributed by atoms with Crippen LogP contribution < -0.4 is 4.74 Å². The standard InChI is InChI=1S/C18H22N2O2/c1-20-14-16(13-19-20)9-7-5-3-4-6-8-15-10-11-18(22-2)17(21)12-15/h6-14,21H,3-5H2,1-2H3/b8-6+,9-7+. The third-order valence-corrected chi connectivity index (χ3v) is 3.29. The average molecular weight is 298 g/mol. The average Bonchev–Trinajstić information content (AvgIpc) is 2.92. The molecule has 116 valence electrons. The maximum atomic E-state index is 9.70. The summed E-state index contributed by atoms with van der Waals surface area (Å²) in [6.45, 7) is 0. The van der Waals surface area contributed by atoms with Crippen molar-refractivity contribution in [3.05, 3.63) is 53.9 Å². The summed E-state index contributed by atoms with van der Waals surface area (Å²) >= 11 is 0. The molecule has 4 nitrogen and oxygen atoms in total. The fourth-order valence-corrected chi connectivity index (χ4v) is 2.13. The first-order valence-electron chi connectivity index (χ1n) is 7.38. The van der Waals surface area contributed by atoms with Crippen molar-refractivity contribution < 1.29 is 9.84 Å². The molecule has 2 rings (SSSR count). The third-order valence-electron chi connectivity index (χ3n) is 3.29. The second-order valence-electron chi connectivity index (χ2n) is 5.11. The van der Waals surface area contributed by atoms with Gasteiger partial charge in [0.25, 0.3) is 0 Å². The lowest BCUT2D eigenvalue weighted by molar-refractivity contribution is 0.373. The number of nitrogens with zero attached hydrogens (tertiary/aromatic N) is 2. The number of unbranched alkanes of at least 4 members (excludes halogenated alkanes) is 2. The van der Waals surface area contributed by atoms with Crippen LogP contribution in [0.25, 0.3) is 12.2 Å². The van der Waals surface area contributed by atoms with Crippen molar-refractivity contribution in [1.29, 1.82) is 0 Å². The Morgan fingerprint density at radius 1 is 1.18 bits per heavy atom. The van der Waals surface area contributed by atoms with E-state index >= 15 is 0 Å². The molecule has 0 aliphatic heterocycles. The molecule has 0 bridgehead atoms. The maximum Gasteiger partial charge on any atom is 0.160 e. The number of hydrogen-bond acceptors (Lipinski definition) is 3. The van der Waals surface area contributed by atoms with Crippen LogP contribution in [0.2, 0.25) is 0 Å². The van der Waals surface area contributed by atoms with E-state index in [-0.39, 0.29) is 5.75 Å². The molecule has 0 amide bonds. The van der Waals surface area contributed by atoms with Gasteiger partial charge in [-0.2, -0.15) is 5.10 Å². The van der Waals surface area contributed by atoms with Crippen molar-refractivity contribution in [3.63, 3.8) is 0 Å². The Kier molecular flexibility index (Phi) is 5.83. The third kappa shape index (κ3) is 4.81. The molecule has 22 heavy (non-hydrogen) atoms. The van der Waals surface area contributed by atoms with Crippen LogP contribution in [0.4, 0.5) is 0 Å². The van der Waals surface area contributed by atoms with Crippen molar-refractivity contribution in [2.75, 3.05) is 7.11 Å². The molecular weight excluding hydrogens is 276 g/mol. The molecule has 0 saturated carbocycles. The zero-order valence-electron chi connectivity index (χ0n) is 13.1. The van der Waals surface area contributed by atoms with E-state index in [2.05, 4.69) is 23.3 Å². The lowest BCUT2D eigenvalue weighted by Crippen LogP contribution is -1.83. The summed E-state index contributed by atoms with van der Waals surface area (Å²) in [5.74, 6) is 0.668. The van der Waals surface area contributed by atoms with Gasteiger partial charge in [0.05, 0.1) is 13.3 Å². The molecule has 0 radical (unpaired) electrons. The number of rotatable bonds is 7. The van der Waals surface area contributed by atoms with E-state index in [1.807, 2.05) is 31.6 Å². The lowest BCUT2D eigenvalue weighted by Gasteiger charge is -2.03. The summed E-state index contributed by atoms with van der Waals surface area (Å²) in [5, 5.41) is 13.8. The van der Waals surface area contributed by atoms with Gasteiger partial charge < -0.3 is 9.84 Å². The molecule has 0 aliphatic rings. The van der Waals surface area contributed by atoms with Gasteiger partial charge >= 0.3 is 0 Å². The number of aromatic nitrogens is 2. The minimum atomic E-state index is 0.170. The van der Waals surface area contributed by atoms with Crippen LogP contribution in [0.3, 0.4) is 0 Å². The number of phenolic OH excluding ortho intramolecular Hbond substituents is 1. The predicted octanol–water partition coefficient (Wildman–Crippen LogP) is 4.03. The molecule has 1 heterocycles. The second-order valence-corrected chi connectivity index (χ2v) is 5.11. The SMILES string of the molecule is COc1ccc(/C=C/CCC/C=C/c2cnn(C)c2)cc1O. The molecular formula is C18H22N2O2. The van der Waals surface area contributed by atoms with Crippen LogP contribution in [-0.2, 0) is 7.05 Å². The molecule has 0 fully saturated rings. The van der Waals surface area contributed by atoms with Gasteiger partial charge in [-0.25, -0.2) is 0 Å². The summed E-state index contributed by atoms with van der Waals surface area (Å²) < 4.78 is 6.82. The first-order chi connectivity index (χ1) is 10.7. The van der Waals surface area contributed by atoms with E-state index in [1.165, 1.54) is 0 Å². The molecule has 0 unspecified atom stereocenters. The summed E-state index contributed by atoms with van der Waals surface area (Å²) in [6, 6.07) is 5.40. The number of aromatic hydroxyl groups is 1. The quantitative estimate of drug-likeness (QED) is 0.785. The number of hydrogen-bond donors (Lipinski definition) is 1. The van der Waals surface area contributed by atoms with Crippen molar-refractivity contribution in [2.24, 2.45) is 7.05 Å². The predicted molar refractivity (Wildman–Crippen MR) is 89.8 cm³/mol. The molecule has 0 spiro atoms. The van der Waals surface area contributed by atoms with Crippen molar-refractivity contribution in [1.82, 2.24) is 9.78 Å². The van der Waals surface area contributed by atoms with Crippen molar-refractivity contribution in [3.8, 4) is 11.5 Å². The number of aryl methyl sites for hydroxylation is 1. The number of allylic oxidation sites excluding steroid dienone is 2. The molecule has 0 aliphatic carbocycles. The number of methoxy groups -OCH3 is 1. The van der Waals surface area contributed by atoms with Gasteiger partial charge in [-0.1, -0.05) is 30.4 Å². The fourth-order valence-electron chi connectivity index (χ4n) is 2.13. The van der Waals surface area contributed by atoms with Gasteiger partial charge in [0, 0.05) is 18.8 Å². The number of ether oxygens (including phenoxy) is 1. The highest BCUT2D eigenvalue weighted by Crippen LogP contribution is 2.26. The van der Waals surface area contributed by atoms with E-state index in [4.69, 9.17) is 4.74 Å². The summed E-state index contributed by atoms with van der Waals surface area (Å²) in [5.41, 5.74) is 2.11. The Balaban J connectivity index is 1.72. The zero-order chi connectivity index (χ0) is 15.8. The first kappa shape index (κ1) is 15.9. The molecule has 4 heteroatoms. The minimum Gasteiger partial charge on any atom is -0.504 e. The largest absolute Gasteiger partial charge is 0.504 e. The van der Waals surface area contributed by atoms with E-state index in [0.717, 1.165) is 30.4 Å². The number of benzene rings is 1. The Hall–Kier alpha value is -2.49. The Morgan fingerprint density at radius 2 is 1.91 bits per heavy atom. The monoisotopic (exact) mass is 298 g/mol. The molecule has 0 saturated heterocycles. The second kappa shape index (κ2) is 8.08. The molecule has 1 aromatic carbocycles. The van der Waals surface area contributed by atoms with Gasteiger partial charge in [-0.05, 0) is 37.0 Å². The summed E-state index contributed by atoms with van der Waals surface area (Å²) in [6.07, 6.45) is 15.4.